The maximum absolute atomic E-state index is 3.66. The van der Waals surface area contributed by atoms with Crippen molar-refractivity contribution in [3.63, 3.8) is 0 Å². The molecule has 0 nitrogen and oxygen atoms in total. The number of hydrogen-bond donors (Lipinski definition) is 0. The quantitative estimate of drug-likeness (QED) is 0.342. The maximum Gasteiger partial charge on any atom is 0.0218 e. The van der Waals surface area contributed by atoms with Crippen LogP contribution in [0.15, 0.2) is 24.1 Å². The van der Waals surface area contributed by atoms with E-state index in [-0.39, 0.29) is 0 Å². The molecule has 0 aromatic rings. The zero-order chi connectivity index (χ0) is 9.07. The van der Waals surface area contributed by atoms with E-state index in [1.807, 2.05) is 28.6 Å². The van der Waals surface area contributed by atoms with Crippen molar-refractivity contribution in [2.45, 2.75) is 13.3 Å². The van der Waals surface area contributed by atoms with Crippen LogP contribution < -0.4 is 0 Å². The summed E-state index contributed by atoms with van der Waals surface area (Å²) in [7, 11) is 3.61. The van der Waals surface area contributed by atoms with E-state index in [1.54, 1.807) is 10.8 Å². The molecule has 0 aromatic heterocycles. The predicted octanol–water partition coefficient (Wildman–Crippen LogP) is 4.21. The normalized spacial score (nSPS) is 10.8. The van der Waals surface area contributed by atoms with Crippen LogP contribution in [0.1, 0.15) is 13.3 Å². The van der Waals surface area contributed by atoms with Crippen molar-refractivity contribution in [2.24, 2.45) is 0 Å². The molecule has 12 heavy (non-hydrogen) atoms. The highest BCUT2D eigenvalue weighted by molar-refractivity contribution is 8.77. The van der Waals surface area contributed by atoms with Gasteiger partial charge in [0.15, 0.2) is 0 Å². The highest BCUT2D eigenvalue weighted by Crippen LogP contribution is 2.22. The predicted molar refractivity (Wildman–Crippen MR) is 67.0 cm³/mol. The van der Waals surface area contributed by atoms with Gasteiger partial charge in [-0.25, -0.2) is 0 Å². The second-order valence-electron chi connectivity index (χ2n) is 2.12. The first-order valence-corrected chi connectivity index (χ1v) is 7.57. The summed E-state index contributed by atoms with van der Waals surface area (Å²) in [4.78, 5) is 0. The molecule has 0 saturated carbocycles. The van der Waals surface area contributed by atoms with Crippen LogP contribution in [0, 0.1) is 0 Å². The zero-order valence-corrected chi connectivity index (χ0v) is 9.94. The molecular weight excluding hydrogens is 204 g/mol. The molecule has 0 N–H and O–H groups in total. The van der Waals surface area contributed by atoms with Crippen LogP contribution in [0.3, 0.4) is 0 Å². The maximum atomic E-state index is 3.66. The minimum atomic E-state index is 1.02. The Labute approximate surface area is 88.0 Å². The molecule has 0 atom stereocenters. The Balaban J connectivity index is 2.98. The Morgan fingerprint density at radius 3 is 2.83 bits per heavy atom. The molecule has 0 rings (SSSR count). The largest absolute Gasteiger partial charge is 0.158 e. The van der Waals surface area contributed by atoms with Gasteiger partial charge in [0.25, 0.3) is 0 Å². The van der Waals surface area contributed by atoms with E-state index in [0.717, 1.165) is 11.5 Å². The lowest BCUT2D eigenvalue weighted by Crippen LogP contribution is -1.74. The van der Waals surface area contributed by atoms with Gasteiger partial charge < -0.3 is 0 Å². The molecule has 0 heterocycles. The topological polar surface area (TPSA) is 0 Å². The minimum absolute atomic E-state index is 1.02. The summed E-state index contributed by atoms with van der Waals surface area (Å²) in [6.45, 7) is 5.87. The molecule has 0 unspecified atom stereocenters. The van der Waals surface area contributed by atoms with Crippen LogP contribution >= 0.6 is 33.3 Å². The second kappa shape index (κ2) is 11.5. The van der Waals surface area contributed by atoms with Crippen LogP contribution in [-0.2, 0) is 0 Å². The van der Waals surface area contributed by atoms with Crippen LogP contribution in [0.25, 0.3) is 0 Å². The molecule has 0 bridgehead atoms. The van der Waals surface area contributed by atoms with Crippen molar-refractivity contribution in [3.8, 4) is 0 Å². The summed E-state index contributed by atoms with van der Waals surface area (Å²) in [6, 6.07) is 0. The number of hydrogen-bond acceptors (Lipinski definition) is 3. The number of rotatable bonds is 8. The van der Waals surface area contributed by atoms with Crippen molar-refractivity contribution < 1.29 is 0 Å². The highest BCUT2D eigenvalue weighted by Gasteiger charge is 1.82. The van der Waals surface area contributed by atoms with Gasteiger partial charge in [-0.15, -0.1) is 6.58 Å². The molecule has 0 aliphatic carbocycles. The first-order valence-electron chi connectivity index (χ1n) is 4.03. The van der Waals surface area contributed by atoms with Gasteiger partial charge >= 0.3 is 0 Å². The lowest BCUT2D eigenvalue weighted by Gasteiger charge is -1.92. The molecule has 70 valence electrons. The van der Waals surface area contributed by atoms with E-state index in [4.69, 9.17) is 0 Å². The molecule has 0 fully saturated rings. The monoisotopic (exact) mass is 220 g/mol. The van der Waals surface area contributed by atoms with Crippen molar-refractivity contribution in [3.05, 3.63) is 24.1 Å². The van der Waals surface area contributed by atoms with E-state index in [2.05, 4.69) is 25.0 Å². The molecule has 0 saturated heterocycles. The summed E-state index contributed by atoms with van der Waals surface area (Å²) in [5, 5.41) is 2.16. The molecule has 0 aromatic carbocycles. The Bertz CT molecular complexity index is 121. The van der Waals surface area contributed by atoms with Gasteiger partial charge in [-0.2, -0.15) is 11.8 Å². The Morgan fingerprint density at radius 2 is 2.17 bits per heavy atom. The lowest BCUT2D eigenvalue weighted by atomic mass is 10.6. The fraction of sp³-hybridized carbons (Fsp3) is 0.556. The fourth-order valence-corrected chi connectivity index (χ4v) is 2.73. The third-order valence-corrected chi connectivity index (χ3v) is 4.05. The SMILES string of the molecule is C=CCSSC=CCSCCC. The third-order valence-electron chi connectivity index (χ3n) is 0.968. The van der Waals surface area contributed by atoms with Crippen molar-refractivity contribution in [1.29, 1.82) is 0 Å². The summed E-state index contributed by atoms with van der Waals surface area (Å²) in [5.74, 6) is 3.45. The van der Waals surface area contributed by atoms with E-state index in [0.29, 0.717) is 0 Å². The summed E-state index contributed by atoms with van der Waals surface area (Å²) < 4.78 is 0. The van der Waals surface area contributed by atoms with E-state index < -0.39 is 0 Å². The van der Waals surface area contributed by atoms with Gasteiger partial charge in [-0.1, -0.05) is 40.7 Å². The van der Waals surface area contributed by atoms with Gasteiger partial charge in [-0.3, -0.25) is 0 Å². The molecule has 0 radical (unpaired) electrons. The lowest BCUT2D eigenvalue weighted by molar-refractivity contribution is 1.11. The third kappa shape index (κ3) is 10.5. The Morgan fingerprint density at radius 1 is 1.33 bits per heavy atom. The molecule has 0 amide bonds. The van der Waals surface area contributed by atoms with Gasteiger partial charge in [0.1, 0.15) is 0 Å². The minimum Gasteiger partial charge on any atom is -0.158 e. The standard InChI is InChI=1S/C9H16S3/c1-3-6-10-8-5-9-12-11-7-4-2/h4-5,9H,2-3,6-8H2,1H3. The van der Waals surface area contributed by atoms with Gasteiger partial charge in [0.2, 0.25) is 0 Å². The Kier molecular flexibility index (Phi) is 12.0. The smallest absolute Gasteiger partial charge is 0.0218 e. The van der Waals surface area contributed by atoms with Crippen LogP contribution in [0.4, 0.5) is 0 Å². The van der Waals surface area contributed by atoms with Crippen LogP contribution in [0.5, 0.6) is 0 Å². The van der Waals surface area contributed by atoms with Gasteiger partial charge in [0.05, 0.1) is 0 Å². The second-order valence-corrected chi connectivity index (χ2v) is 5.58. The molecule has 0 spiro atoms. The van der Waals surface area contributed by atoms with Crippen molar-refractivity contribution in [1.82, 2.24) is 0 Å². The number of thioether (sulfide) groups is 1. The summed E-state index contributed by atoms with van der Waals surface area (Å²) >= 11 is 1.99. The Hall–Kier alpha value is 0.530. The molecule has 3 heteroatoms. The van der Waals surface area contributed by atoms with Crippen molar-refractivity contribution >= 4 is 33.3 Å². The zero-order valence-electron chi connectivity index (χ0n) is 7.49. The fourth-order valence-electron chi connectivity index (χ4n) is 0.501. The van der Waals surface area contributed by atoms with Gasteiger partial charge in [0, 0.05) is 11.5 Å². The molecule has 0 aliphatic heterocycles. The molecular formula is C9H16S3. The molecule has 0 aliphatic rings. The van der Waals surface area contributed by atoms with E-state index in [1.165, 1.54) is 12.2 Å². The summed E-state index contributed by atoms with van der Waals surface area (Å²) in [5.41, 5.74) is 0. The first kappa shape index (κ1) is 12.5. The summed E-state index contributed by atoms with van der Waals surface area (Å²) in [6.07, 6.45) is 5.43. The van der Waals surface area contributed by atoms with E-state index >= 15 is 0 Å². The average Bonchev–Trinajstić information content (AvgIpc) is 2.10. The average molecular weight is 220 g/mol. The van der Waals surface area contributed by atoms with E-state index in [9.17, 15) is 0 Å². The van der Waals surface area contributed by atoms with Crippen LogP contribution in [-0.4, -0.2) is 17.3 Å². The first-order chi connectivity index (χ1) is 5.91. The van der Waals surface area contributed by atoms with Crippen LogP contribution in [0.2, 0.25) is 0 Å². The van der Waals surface area contributed by atoms with Gasteiger partial charge in [-0.05, 0) is 17.6 Å². The highest BCUT2D eigenvalue weighted by atomic mass is 33.1. The van der Waals surface area contributed by atoms with Crippen molar-refractivity contribution in [2.75, 3.05) is 17.3 Å².